The zero-order valence-corrected chi connectivity index (χ0v) is 49.3. The van der Waals surface area contributed by atoms with Crippen molar-refractivity contribution in [2.24, 2.45) is 11.7 Å². The molecule has 1 aliphatic rings. The standard InChI is InChI=1S/C60H65FIN11O13/c1-36(2)52(56(78)67-49(12-9-25-65-59(63)81)55(77)66-42-17-14-37(15-18-42)35-85-60(82)86-44-21-19-43(20-22-44)73(83)84)68-51(74)13-5-3-4-8-24-64-53(75)39-32-40(34-41(62)33-39)57(79)71-26-28-72(29-27-71)58(80)47-30-38(16-23-48(47)61)31-50-45-10-6-7-11-46(45)54(76)70-69-50/h6-7,10-11,14-23,30,32-34,36,49,52H,3-5,8-9,12-13,24-29,31,35H2,1-2H3,(H,64,75)(H,66,77)(H,67,78)(H,68,74)(H,70,76)(H3,63,65,81)/t49-,52-/m0/s1. The Hall–Kier alpha value is -9.34. The summed E-state index contributed by atoms with van der Waals surface area (Å²) in [5, 5.41) is 32.3. The van der Waals surface area contributed by atoms with Crippen molar-refractivity contribution in [3.8, 4) is 5.75 Å². The number of nitro groups is 1. The number of rotatable bonds is 26. The Morgan fingerprint density at radius 1 is 0.756 bits per heavy atom. The highest BCUT2D eigenvalue weighted by Crippen LogP contribution is 2.23. The number of anilines is 1. The first-order valence-electron chi connectivity index (χ1n) is 27.8. The molecule has 0 bridgehead atoms. The second-order valence-corrected chi connectivity index (χ2v) is 21.9. The van der Waals surface area contributed by atoms with E-state index in [1.54, 1.807) is 85.5 Å². The van der Waals surface area contributed by atoms with Crippen LogP contribution in [0.5, 0.6) is 5.75 Å². The summed E-state index contributed by atoms with van der Waals surface area (Å²) < 4.78 is 26.0. The Labute approximate surface area is 506 Å². The number of nitrogens with two attached hydrogens (primary N) is 1. The number of urea groups is 1. The van der Waals surface area contributed by atoms with E-state index in [1.165, 1.54) is 47.4 Å². The molecule has 0 saturated carbocycles. The van der Waals surface area contributed by atoms with Gasteiger partial charge in [0.15, 0.2) is 0 Å². The minimum atomic E-state index is -1.09. The van der Waals surface area contributed by atoms with E-state index in [1.807, 2.05) is 22.6 Å². The van der Waals surface area contributed by atoms with Crippen LogP contribution in [0.2, 0.25) is 0 Å². The molecule has 7 rings (SSSR count). The summed E-state index contributed by atoms with van der Waals surface area (Å²) in [7, 11) is 0. The third kappa shape index (κ3) is 18.6. The van der Waals surface area contributed by atoms with Crippen LogP contribution in [0, 0.1) is 25.4 Å². The summed E-state index contributed by atoms with van der Waals surface area (Å²) in [6, 6.07) is 24.5. The number of unbranched alkanes of at least 4 members (excludes halogenated alkanes) is 3. The SMILES string of the molecule is CC(C)[C@H](NC(=O)CCCCCCNC(=O)c1cc(I)cc(C(=O)N2CCN(C(=O)c3cc(Cc4n[nH]c(=O)c5ccccc45)ccc3F)CC2)c1)C(=O)N[C@@H](CCCNC(N)=O)C(=O)Nc1ccc(COC(=O)Oc2ccc([N+](=O)[O-])cc2)cc1. The number of primary amides is 1. The van der Waals surface area contributed by atoms with Gasteiger partial charge in [0.05, 0.1) is 21.6 Å². The van der Waals surface area contributed by atoms with Gasteiger partial charge in [-0.15, -0.1) is 0 Å². The lowest BCUT2D eigenvalue weighted by molar-refractivity contribution is -0.384. The summed E-state index contributed by atoms with van der Waals surface area (Å²) in [5.41, 5.74) is 7.27. The molecule has 0 radical (unpaired) electrons. The van der Waals surface area contributed by atoms with E-state index in [0.29, 0.717) is 80.2 Å². The van der Waals surface area contributed by atoms with E-state index in [2.05, 4.69) is 36.8 Å². The Morgan fingerprint density at radius 3 is 2.09 bits per heavy atom. The Balaban J connectivity index is 0.814. The molecule has 5 aromatic carbocycles. The number of nitrogens with one attached hydrogen (secondary N) is 6. The molecule has 2 heterocycles. The van der Waals surface area contributed by atoms with Gasteiger partial charge in [-0.05, 0) is 126 Å². The number of hydrogen-bond acceptors (Lipinski definition) is 14. The van der Waals surface area contributed by atoms with E-state index >= 15 is 4.39 Å². The average Bonchev–Trinajstić information content (AvgIpc) is 1.51. The molecule has 8 amide bonds. The topological polar surface area (TPSA) is 337 Å². The van der Waals surface area contributed by atoms with E-state index in [0.717, 1.165) is 0 Å². The number of aromatic nitrogens is 2. The Morgan fingerprint density at radius 2 is 1.41 bits per heavy atom. The smallest absolute Gasteiger partial charge is 0.429 e. The predicted molar refractivity (Wildman–Crippen MR) is 322 cm³/mol. The number of amides is 8. The number of piperazine rings is 1. The van der Waals surface area contributed by atoms with Crippen molar-refractivity contribution < 1.29 is 57.1 Å². The van der Waals surface area contributed by atoms with E-state index in [9.17, 15) is 53.3 Å². The molecule has 0 unspecified atom stereocenters. The molecule has 86 heavy (non-hydrogen) atoms. The highest BCUT2D eigenvalue weighted by molar-refractivity contribution is 14.1. The molecule has 8 N–H and O–H groups in total. The van der Waals surface area contributed by atoms with E-state index in [-0.39, 0.29) is 111 Å². The number of nitro benzene ring substituents is 1. The largest absolute Gasteiger partial charge is 0.514 e. The van der Waals surface area contributed by atoms with Crippen LogP contribution in [0.15, 0.2) is 114 Å². The summed E-state index contributed by atoms with van der Waals surface area (Å²) in [4.78, 5) is 130. The van der Waals surface area contributed by atoms with Crippen LogP contribution in [-0.4, -0.2) is 124 Å². The molecule has 26 heteroatoms. The fourth-order valence-electron chi connectivity index (χ4n) is 9.37. The van der Waals surface area contributed by atoms with Gasteiger partial charge in [0.25, 0.3) is 29.0 Å². The zero-order valence-electron chi connectivity index (χ0n) is 47.2. The molecule has 452 valence electrons. The van der Waals surface area contributed by atoms with Crippen molar-refractivity contribution in [2.45, 2.75) is 83.9 Å². The van der Waals surface area contributed by atoms with Crippen molar-refractivity contribution in [3.63, 3.8) is 0 Å². The molecule has 0 aliphatic carbocycles. The summed E-state index contributed by atoms with van der Waals surface area (Å²) >= 11 is 2.04. The van der Waals surface area contributed by atoms with Crippen LogP contribution in [0.1, 0.15) is 107 Å². The van der Waals surface area contributed by atoms with Crippen molar-refractivity contribution in [3.05, 3.63) is 173 Å². The van der Waals surface area contributed by atoms with Gasteiger partial charge in [-0.3, -0.25) is 43.7 Å². The number of carbonyl (C=O) groups excluding carboxylic acids is 8. The maximum Gasteiger partial charge on any atom is 0.514 e. The van der Waals surface area contributed by atoms with Gasteiger partial charge < -0.3 is 51.6 Å². The second-order valence-electron chi connectivity index (χ2n) is 20.6. The minimum Gasteiger partial charge on any atom is -0.429 e. The van der Waals surface area contributed by atoms with Gasteiger partial charge in [-0.1, -0.05) is 63.1 Å². The summed E-state index contributed by atoms with van der Waals surface area (Å²) in [6.45, 7) is 4.44. The molecular weight excluding hydrogens is 1230 g/mol. The summed E-state index contributed by atoms with van der Waals surface area (Å²) in [5.74, 6) is -3.75. The highest BCUT2D eigenvalue weighted by atomic mass is 127. The first kappa shape index (κ1) is 64.2. The van der Waals surface area contributed by atoms with Crippen LogP contribution < -0.4 is 42.6 Å². The Kier molecular flexibility index (Phi) is 23.1. The number of benzene rings is 5. The fraction of sp³-hybridized carbons (Fsp3) is 0.333. The number of ether oxygens (including phenoxy) is 2. The van der Waals surface area contributed by atoms with Crippen molar-refractivity contribution in [1.29, 1.82) is 0 Å². The number of aromatic amines is 1. The van der Waals surface area contributed by atoms with Crippen LogP contribution in [-0.2, 0) is 32.1 Å². The molecule has 24 nitrogen and oxygen atoms in total. The van der Waals surface area contributed by atoms with Crippen molar-refractivity contribution >= 4 is 92.4 Å². The molecule has 1 saturated heterocycles. The molecule has 6 aromatic rings. The number of nitrogens with zero attached hydrogens (tertiary/aromatic N) is 4. The number of fused-ring (bicyclic) bond motifs is 1. The van der Waals surface area contributed by atoms with Crippen molar-refractivity contribution in [1.82, 2.24) is 41.3 Å². The number of halogens is 2. The predicted octanol–water partition coefficient (Wildman–Crippen LogP) is 6.87. The van der Waals surface area contributed by atoms with Crippen molar-refractivity contribution in [2.75, 3.05) is 44.6 Å². The molecule has 1 fully saturated rings. The van der Waals surface area contributed by atoms with Crippen LogP contribution in [0.25, 0.3) is 10.8 Å². The maximum absolute atomic E-state index is 15.2. The second kappa shape index (κ2) is 31.0. The number of non-ortho nitro benzene ring substituents is 1. The van der Waals surface area contributed by atoms with Gasteiger partial charge in [0.2, 0.25) is 17.7 Å². The lowest BCUT2D eigenvalue weighted by Gasteiger charge is -2.35. The van der Waals surface area contributed by atoms with Gasteiger partial charge in [-0.25, -0.2) is 19.1 Å². The summed E-state index contributed by atoms with van der Waals surface area (Å²) in [6.07, 6.45) is 2.08. The van der Waals surface area contributed by atoms with Gasteiger partial charge in [0, 0.05) is 90.0 Å². The van der Waals surface area contributed by atoms with Crippen LogP contribution in [0.3, 0.4) is 0 Å². The lowest BCUT2D eigenvalue weighted by atomic mass is 10.0. The quantitative estimate of drug-likeness (QED) is 0.00728. The highest BCUT2D eigenvalue weighted by Gasteiger charge is 2.30. The van der Waals surface area contributed by atoms with Gasteiger partial charge in [-0.2, -0.15) is 5.10 Å². The monoisotopic (exact) mass is 1290 g/mol. The van der Waals surface area contributed by atoms with E-state index < -0.39 is 52.7 Å². The zero-order chi connectivity index (χ0) is 61.9. The average molecular weight is 1290 g/mol. The van der Waals surface area contributed by atoms with Gasteiger partial charge in [0.1, 0.15) is 30.3 Å². The number of hydrogen-bond donors (Lipinski definition) is 7. The molecule has 2 atom stereocenters. The first-order chi connectivity index (χ1) is 41.2. The Bertz CT molecular complexity index is 3520. The molecule has 1 aliphatic heterocycles. The molecule has 0 spiro atoms. The normalized spacial score (nSPS) is 12.8. The fourth-order valence-corrected chi connectivity index (χ4v) is 10.0. The molecular formula is C60H65FIN11O13. The number of H-pyrrole nitrogens is 1. The van der Waals surface area contributed by atoms with E-state index in [4.69, 9.17) is 15.2 Å². The van der Waals surface area contributed by atoms with Gasteiger partial charge >= 0.3 is 12.2 Å². The minimum absolute atomic E-state index is 0.0482. The third-order valence-corrected chi connectivity index (χ3v) is 14.6. The third-order valence-electron chi connectivity index (χ3n) is 14.0. The lowest BCUT2D eigenvalue weighted by Crippen LogP contribution is -2.54. The maximum atomic E-state index is 15.2. The van der Waals surface area contributed by atoms with Crippen LogP contribution >= 0.6 is 22.6 Å². The molecule has 1 aromatic heterocycles. The van der Waals surface area contributed by atoms with Crippen LogP contribution in [0.4, 0.5) is 25.4 Å². The number of carbonyl (C=O) groups is 8. The first-order valence-corrected chi connectivity index (χ1v) is 28.8.